The third-order valence-corrected chi connectivity index (χ3v) is 7.96. The van der Waals surface area contributed by atoms with Gasteiger partial charge < -0.3 is 20.9 Å². The minimum absolute atomic E-state index is 0.0767. The number of rotatable bonds is 7. The first-order valence-electron chi connectivity index (χ1n) is 12.0. The van der Waals surface area contributed by atoms with Crippen molar-refractivity contribution in [3.8, 4) is 0 Å². The number of carbonyl (C=O) groups is 2. The molecule has 1 fully saturated rings. The molecule has 1 aliphatic heterocycles. The van der Waals surface area contributed by atoms with Crippen LogP contribution in [0.25, 0.3) is 0 Å². The van der Waals surface area contributed by atoms with E-state index in [0.29, 0.717) is 43.1 Å². The number of carbonyl (C=O) groups excluding carboxylic acids is 2. The minimum Gasteiger partial charge on any atom is -0.375 e. The van der Waals surface area contributed by atoms with E-state index in [-0.39, 0.29) is 17.9 Å². The zero-order valence-electron chi connectivity index (χ0n) is 20.4. The van der Waals surface area contributed by atoms with Crippen molar-refractivity contribution in [2.75, 3.05) is 53.1 Å². The predicted octanol–water partition coefficient (Wildman–Crippen LogP) is 2.10. The lowest BCUT2D eigenvalue weighted by Gasteiger charge is -2.45. The Morgan fingerprint density at radius 2 is 1.97 bits per heavy atom. The average Bonchev–Trinajstić information content (AvgIpc) is 3.17. The molecule has 9 heteroatoms. The van der Waals surface area contributed by atoms with Crippen LogP contribution in [-0.4, -0.2) is 85.0 Å². The van der Waals surface area contributed by atoms with Crippen molar-refractivity contribution in [1.82, 2.24) is 25.0 Å². The first-order valence-corrected chi connectivity index (χ1v) is 12.9. The Balaban J connectivity index is 1.46. The zero-order chi connectivity index (χ0) is 24.2. The first kappa shape index (κ1) is 24.6. The fourth-order valence-electron chi connectivity index (χ4n) is 5.22. The number of likely N-dealkylation sites (tertiary alicyclic amines) is 1. The number of hydrogen-bond acceptors (Lipinski definition) is 7. The lowest BCUT2D eigenvalue weighted by atomic mass is 9.75. The third kappa shape index (κ3) is 5.76. The molecule has 1 aromatic heterocycles. The molecule has 3 amide bonds. The SMILES string of the molecule is CN(C)CCNC(=O)N(CCc1ccccc1)C(=O)[C@@H]1C[C@@H]2Cc3nc(N)sc3C[C@H]2N(C)C1. The molecule has 0 spiro atoms. The molecule has 0 saturated carbocycles. The number of piperidine rings is 1. The number of imide groups is 1. The summed E-state index contributed by atoms with van der Waals surface area (Å²) in [6, 6.07) is 10.1. The molecule has 2 aliphatic rings. The number of aromatic nitrogens is 1. The maximum atomic E-state index is 13.7. The van der Waals surface area contributed by atoms with E-state index in [1.807, 2.05) is 49.3 Å². The van der Waals surface area contributed by atoms with Gasteiger partial charge in [0.1, 0.15) is 0 Å². The van der Waals surface area contributed by atoms with Gasteiger partial charge in [-0.3, -0.25) is 9.69 Å². The molecule has 0 radical (unpaired) electrons. The van der Waals surface area contributed by atoms with Gasteiger partial charge in [0.25, 0.3) is 0 Å². The van der Waals surface area contributed by atoms with Gasteiger partial charge in [-0.2, -0.15) is 0 Å². The van der Waals surface area contributed by atoms with E-state index in [1.165, 1.54) is 9.78 Å². The van der Waals surface area contributed by atoms with Crippen LogP contribution in [0.5, 0.6) is 0 Å². The lowest BCUT2D eigenvalue weighted by Crippen LogP contribution is -2.56. The van der Waals surface area contributed by atoms with Gasteiger partial charge in [-0.05, 0) is 58.3 Å². The molecule has 0 unspecified atom stereocenters. The number of anilines is 1. The molecule has 2 heterocycles. The van der Waals surface area contributed by atoms with Gasteiger partial charge in [-0.1, -0.05) is 30.3 Å². The molecular formula is C25H36N6O2S. The van der Waals surface area contributed by atoms with Crippen molar-refractivity contribution in [3.05, 3.63) is 46.5 Å². The number of amides is 3. The highest BCUT2D eigenvalue weighted by molar-refractivity contribution is 7.15. The first-order chi connectivity index (χ1) is 16.3. The summed E-state index contributed by atoms with van der Waals surface area (Å²) in [6.45, 7) is 2.26. The van der Waals surface area contributed by atoms with Crippen molar-refractivity contribution >= 4 is 28.4 Å². The summed E-state index contributed by atoms with van der Waals surface area (Å²) in [5.41, 5.74) is 8.16. The van der Waals surface area contributed by atoms with Gasteiger partial charge in [0, 0.05) is 37.1 Å². The number of benzene rings is 1. The number of nitrogen functional groups attached to an aromatic ring is 1. The average molecular weight is 485 g/mol. The lowest BCUT2D eigenvalue weighted by molar-refractivity contribution is -0.135. The number of nitrogens with one attached hydrogen (secondary N) is 1. The second kappa shape index (κ2) is 10.8. The second-order valence-electron chi connectivity index (χ2n) is 9.79. The Labute approximate surface area is 206 Å². The molecule has 8 nitrogen and oxygen atoms in total. The van der Waals surface area contributed by atoms with Crippen molar-refractivity contribution in [1.29, 1.82) is 0 Å². The molecule has 1 aliphatic carbocycles. The molecule has 1 saturated heterocycles. The Morgan fingerprint density at radius 1 is 1.21 bits per heavy atom. The Morgan fingerprint density at radius 3 is 2.71 bits per heavy atom. The van der Waals surface area contributed by atoms with Gasteiger partial charge in [0.2, 0.25) is 5.91 Å². The normalized spacial score (nSPS) is 22.2. The van der Waals surface area contributed by atoms with Gasteiger partial charge in [0.05, 0.1) is 11.6 Å². The van der Waals surface area contributed by atoms with Crippen LogP contribution in [0.2, 0.25) is 0 Å². The van der Waals surface area contributed by atoms with Crippen LogP contribution in [0.3, 0.4) is 0 Å². The van der Waals surface area contributed by atoms with Gasteiger partial charge in [-0.15, -0.1) is 11.3 Å². The Hall–Kier alpha value is -2.49. The monoisotopic (exact) mass is 484 g/mol. The van der Waals surface area contributed by atoms with Crippen molar-refractivity contribution in [3.63, 3.8) is 0 Å². The Bertz CT molecular complexity index is 995. The van der Waals surface area contributed by atoms with Crippen molar-refractivity contribution in [2.45, 2.75) is 31.7 Å². The fraction of sp³-hybridized carbons (Fsp3) is 0.560. The second-order valence-corrected chi connectivity index (χ2v) is 10.9. The largest absolute Gasteiger partial charge is 0.375 e. The minimum atomic E-state index is -0.300. The number of nitrogens with zero attached hydrogens (tertiary/aromatic N) is 4. The summed E-state index contributed by atoms with van der Waals surface area (Å²) in [4.78, 5) is 38.4. The standard InChI is InChI=1S/C25H36N6O2S/c1-29(2)12-10-27-25(33)31(11-9-17-7-5-4-6-8-17)23(32)19-13-18-14-20-22(34-24(26)28-20)15-21(18)30(3)16-19/h4-8,18-19,21H,9-16H2,1-3H3,(H2,26,28)(H,27,33)/t18-,19-,21-/m1/s1. The van der Waals surface area contributed by atoms with E-state index in [0.717, 1.165) is 37.1 Å². The highest BCUT2D eigenvalue weighted by Crippen LogP contribution is 2.39. The van der Waals surface area contributed by atoms with Crippen LogP contribution < -0.4 is 11.1 Å². The number of thiazole rings is 1. The number of hydrogen-bond donors (Lipinski definition) is 2. The molecule has 1 aromatic carbocycles. The van der Waals surface area contributed by atoms with E-state index in [1.54, 1.807) is 11.3 Å². The maximum Gasteiger partial charge on any atom is 0.324 e. The Kier molecular flexibility index (Phi) is 7.85. The topological polar surface area (TPSA) is 94.8 Å². The molecular weight excluding hydrogens is 448 g/mol. The van der Waals surface area contributed by atoms with Gasteiger partial charge in [-0.25, -0.2) is 9.78 Å². The summed E-state index contributed by atoms with van der Waals surface area (Å²) in [5.74, 6) is 0.0563. The highest BCUT2D eigenvalue weighted by Gasteiger charge is 2.42. The van der Waals surface area contributed by atoms with E-state index in [2.05, 4.69) is 22.2 Å². The summed E-state index contributed by atoms with van der Waals surface area (Å²) < 4.78 is 0. The van der Waals surface area contributed by atoms with Gasteiger partial charge >= 0.3 is 6.03 Å². The van der Waals surface area contributed by atoms with Crippen LogP contribution in [0.1, 0.15) is 22.6 Å². The highest BCUT2D eigenvalue weighted by atomic mass is 32.1. The predicted molar refractivity (Wildman–Crippen MR) is 136 cm³/mol. The van der Waals surface area contributed by atoms with Crippen LogP contribution in [-0.2, 0) is 24.1 Å². The number of fused-ring (bicyclic) bond motifs is 2. The van der Waals surface area contributed by atoms with E-state index < -0.39 is 0 Å². The maximum absolute atomic E-state index is 13.7. The van der Waals surface area contributed by atoms with E-state index in [9.17, 15) is 9.59 Å². The van der Waals surface area contributed by atoms with Crippen LogP contribution in [0, 0.1) is 11.8 Å². The van der Waals surface area contributed by atoms with Crippen molar-refractivity contribution < 1.29 is 9.59 Å². The van der Waals surface area contributed by atoms with Crippen LogP contribution >= 0.6 is 11.3 Å². The molecule has 184 valence electrons. The fourth-order valence-corrected chi connectivity index (χ4v) is 6.13. The summed E-state index contributed by atoms with van der Waals surface area (Å²) in [5, 5.41) is 3.57. The third-order valence-electron chi connectivity index (χ3n) is 7.01. The van der Waals surface area contributed by atoms with E-state index in [4.69, 9.17) is 5.73 Å². The van der Waals surface area contributed by atoms with E-state index >= 15 is 0 Å². The molecule has 0 bridgehead atoms. The summed E-state index contributed by atoms with van der Waals surface area (Å²) in [7, 11) is 6.02. The molecule has 3 atom stereocenters. The smallest absolute Gasteiger partial charge is 0.324 e. The van der Waals surface area contributed by atoms with Crippen LogP contribution in [0.15, 0.2) is 30.3 Å². The van der Waals surface area contributed by atoms with Crippen LogP contribution in [0.4, 0.5) is 9.93 Å². The molecule has 3 N–H and O–H groups in total. The number of nitrogens with two attached hydrogens (primary N) is 1. The summed E-state index contributed by atoms with van der Waals surface area (Å²) >= 11 is 1.59. The number of urea groups is 1. The number of likely N-dealkylation sites (N-methyl/N-ethyl adjacent to an activating group) is 2. The summed E-state index contributed by atoms with van der Waals surface area (Å²) in [6.07, 6.45) is 3.21. The molecule has 2 aromatic rings. The van der Waals surface area contributed by atoms with Gasteiger partial charge in [0.15, 0.2) is 5.13 Å². The molecule has 4 rings (SSSR count). The molecule has 34 heavy (non-hydrogen) atoms. The quantitative estimate of drug-likeness (QED) is 0.625. The van der Waals surface area contributed by atoms with Crippen molar-refractivity contribution in [2.24, 2.45) is 11.8 Å². The zero-order valence-corrected chi connectivity index (χ0v) is 21.2.